The van der Waals surface area contributed by atoms with Crippen molar-refractivity contribution in [3.63, 3.8) is 0 Å². The zero-order valence-electron chi connectivity index (χ0n) is 15.4. The van der Waals surface area contributed by atoms with Crippen LogP contribution in [0.2, 0.25) is 5.02 Å². The van der Waals surface area contributed by atoms with Gasteiger partial charge in [-0.25, -0.2) is 13.1 Å². The van der Waals surface area contributed by atoms with Gasteiger partial charge in [-0.15, -0.1) is 11.8 Å². The summed E-state index contributed by atoms with van der Waals surface area (Å²) in [6.07, 6.45) is 2.76. The van der Waals surface area contributed by atoms with Gasteiger partial charge >= 0.3 is 0 Å². The van der Waals surface area contributed by atoms with Gasteiger partial charge in [0.15, 0.2) is 0 Å². The van der Waals surface area contributed by atoms with E-state index in [2.05, 4.69) is 10.0 Å². The number of sulfonamides is 1. The van der Waals surface area contributed by atoms with Gasteiger partial charge in [0.1, 0.15) is 0 Å². The standard InChI is InChI=1S/C20H23ClN2O3S2/c21-16-4-8-18(9-5-16)27-14-13-22-20(24)12-3-15-1-10-19(11-2-15)28(25,26)23-17-6-7-17/h1-2,4-5,8-11,17,23H,3,6-7,12-14H2,(H,22,24). The van der Waals surface area contributed by atoms with Crippen LogP contribution in [0.15, 0.2) is 58.3 Å². The topological polar surface area (TPSA) is 75.3 Å². The van der Waals surface area contributed by atoms with Crippen LogP contribution in [0.25, 0.3) is 0 Å². The Hall–Kier alpha value is -1.54. The molecule has 28 heavy (non-hydrogen) atoms. The molecule has 0 aromatic heterocycles. The molecule has 8 heteroatoms. The second kappa shape index (κ2) is 9.78. The maximum absolute atomic E-state index is 12.1. The van der Waals surface area contributed by atoms with E-state index in [1.807, 2.05) is 24.3 Å². The Balaban J connectivity index is 1.36. The van der Waals surface area contributed by atoms with Crippen molar-refractivity contribution in [1.82, 2.24) is 10.0 Å². The first-order valence-electron chi connectivity index (χ1n) is 9.19. The molecular weight excluding hydrogens is 416 g/mol. The van der Waals surface area contributed by atoms with Crippen LogP contribution in [0, 0.1) is 0 Å². The summed E-state index contributed by atoms with van der Waals surface area (Å²) in [5, 5.41) is 3.62. The molecule has 1 saturated carbocycles. The number of carbonyl (C=O) groups is 1. The highest BCUT2D eigenvalue weighted by atomic mass is 35.5. The number of hydrogen-bond donors (Lipinski definition) is 2. The number of amides is 1. The van der Waals surface area contributed by atoms with Gasteiger partial charge in [-0.1, -0.05) is 23.7 Å². The number of nitrogens with one attached hydrogen (secondary N) is 2. The quantitative estimate of drug-likeness (QED) is 0.438. The van der Waals surface area contributed by atoms with Crippen molar-refractivity contribution in [2.75, 3.05) is 12.3 Å². The van der Waals surface area contributed by atoms with Crippen LogP contribution >= 0.6 is 23.4 Å². The van der Waals surface area contributed by atoms with Crippen molar-refractivity contribution in [3.05, 3.63) is 59.1 Å². The second-order valence-electron chi connectivity index (χ2n) is 6.69. The molecule has 2 aromatic carbocycles. The number of carbonyl (C=O) groups excluding carboxylic acids is 1. The van der Waals surface area contributed by atoms with Crippen LogP contribution in [0.1, 0.15) is 24.8 Å². The largest absolute Gasteiger partial charge is 0.355 e. The molecule has 2 aromatic rings. The molecule has 0 spiro atoms. The number of rotatable bonds is 10. The number of benzene rings is 2. The fourth-order valence-electron chi connectivity index (χ4n) is 2.56. The smallest absolute Gasteiger partial charge is 0.240 e. The third-order valence-corrected chi connectivity index (χ3v) is 7.08. The van der Waals surface area contributed by atoms with Gasteiger partial charge in [-0.2, -0.15) is 0 Å². The van der Waals surface area contributed by atoms with Crippen molar-refractivity contribution in [2.24, 2.45) is 0 Å². The third-order valence-electron chi connectivity index (χ3n) is 4.28. The summed E-state index contributed by atoms with van der Waals surface area (Å²) in [4.78, 5) is 13.4. The lowest BCUT2D eigenvalue weighted by Gasteiger charge is -2.08. The molecule has 150 valence electrons. The van der Waals surface area contributed by atoms with E-state index in [0.29, 0.717) is 24.4 Å². The molecule has 0 bridgehead atoms. The molecule has 0 aliphatic heterocycles. The minimum Gasteiger partial charge on any atom is -0.355 e. The van der Waals surface area contributed by atoms with Gasteiger partial charge < -0.3 is 5.32 Å². The van der Waals surface area contributed by atoms with Crippen molar-refractivity contribution in [1.29, 1.82) is 0 Å². The first-order valence-corrected chi connectivity index (χ1v) is 12.0. The average Bonchev–Trinajstić information content (AvgIpc) is 3.48. The molecule has 1 fully saturated rings. The van der Waals surface area contributed by atoms with Crippen LogP contribution < -0.4 is 10.0 Å². The normalized spacial score (nSPS) is 14.0. The lowest BCUT2D eigenvalue weighted by molar-refractivity contribution is -0.120. The molecule has 0 radical (unpaired) electrons. The van der Waals surface area contributed by atoms with Crippen LogP contribution in [-0.4, -0.2) is 32.7 Å². The maximum Gasteiger partial charge on any atom is 0.240 e. The van der Waals surface area contributed by atoms with E-state index in [-0.39, 0.29) is 16.8 Å². The SMILES string of the molecule is O=C(CCc1ccc(S(=O)(=O)NC2CC2)cc1)NCCSc1ccc(Cl)cc1. The van der Waals surface area contributed by atoms with Gasteiger partial charge in [-0.3, -0.25) is 4.79 Å². The van der Waals surface area contributed by atoms with Gasteiger partial charge in [0.25, 0.3) is 0 Å². The molecule has 0 saturated heterocycles. The molecule has 0 atom stereocenters. The van der Waals surface area contributed by atoms with E-state index in [9.17, 15) is 13.2 Å². The molecule has 3 rings (SSSR count). The van der Waals surface area contributed by atoms with E-state index in [1.54, 1.807) is 36.0 Å². The van der Waals surface area contributed by atoms with Gasteiger partial charge in [0.05, 0.1) is 4.90 Å². The van der Waals surface area contributed by atoms with E-state index >= 15 is 0 Å². The fraction of sp³-hybridized carbons (Fsp3) is 0.350. The van der Waals surface area contributed by atoms with Crippen molar-refractivity contribution in [3.8, 4) is 0 Å². The Morgan fingerprint density at radius 1 is 1.07 bits per heavy atom. The van der Waals surface area contributed by atoms with Crippen LogP contribution in [0.3, 0.4) is 0 Å². The lowest BCUT2D eigenvalue weighted by Crippen LogP contribution is -2.26. The highest BCUT2D eigenvalue weighted by Crippen LogP contribution is 2.22. The minimum atomic E-state index is -3.42. The molecule has 0 heterocycles. The number of halogens is 1. The Kier molecular flexibility index (Phi) is 7.40. The first kappa shape index (κ1) is 21.2. The molecule has 1 aliphatic rings. The third kappa shape index (κ3) is 6.81. The highest BCUT2D eigenvalue weighted by Gasteiger charge is 2.27. The zero-order chi connectivity index (χ0) is 20.0. The Morgan fingerprint density at radius 2 is 1.75 bits per heavy atom. The van der Waals surface area contributed by atoms with Crippen LogP contribution in [-0.2, 0) is 21.2 Å². The van der Waals surface area contributed by atoms with E-state index in [0.717, 1.165) is 29.1 Å². The summed E-state index contributed by atoms with van der Waals surface area (Å²) >= 11 is 7.52. The van der Waals surface area contributed by atoms with Gasteiger partial charge in [0, 0.05) is 34.7 Å². The number of hydrogen-bond acceptors (Lipinski definition) is 4. The predicted octanol–water partition coefficient (Wildman–Crippen LogP) is 3.62. The fourth-order valence-corrected chi connectivity index (χ4v) is 4.76. The number of thioether (sulfide) groups is 1. The van der Waals surface area contributed by atoms with Crippen molar-refractivity contribution < 1.29 is 13.2 Å². The van der Waals surface area contributed by atoms with Gasteiger partial charge in [0.2, 0.25) is 15.9 Å². The highest BCUT2D eigenvalue weighted by molar-refractivity contribution is 7.99. The average molecular weight is 439 g/mol. The van der Waals surface area contributed by atoms with E-state index in [4.69, 9.17) is 11.6 Å². The summed E-state index contributed by atoms with van der Waals surface area (Å²) in [6.45, 7) is 0.593. The van der Waals surface area contributed by atoms with Gasteiger partial charge in [-0.05, 0) is 61.2 Å². The summed E-state index contributed by atoms with van der Waals surface area (Å²) in [6, 6.07) is 14.4. The summed E-state index contributed by atoms with van der Waals surface area (Å²) in [7, 11) is -3.42. The lowest BCUT2D eigenvalue weighted by atomic mass is 10.1. The molecule has 1 amide bonds. The zero-order valence-corrected chi connectivity index (χ0v) is 17.7. The Morgan fingerprint density at radius 3 is 2.39 bits per heavy atom. The van der Waals surface area contributed by atoms with Crippen molar-refractivity contribution in [2.45, 2.75) is 41.5 Å². The summed E-state index contributed by atoms with van der Waals surface area (Å²) < 4.78 is 26.9. The molecule has 5 nitrogen and oxygen atoms in total. The van der Waals surface area contributed by atoms with Crippen molar-refractivity contribution >= 4 is 39.3 Å². The van der Waals surface area contributed by atoms with E-state index < -0.39 is 10.0 Å². The molecule has 0 unspecified atom stereocenters. The van der Waals surface area contributed by atoms with Crippen LogP contribution in [0.5, 0.6) is 0 Å². The van der Waals surface area contributed by atoms with E-state index in [1.165, 1.54) is 0 Å². The Bertz CT molecular complexity index is 896. The maximum atomic E-state index is 12.1. The number of aryl methyl sites for hydroxylation is 1. The minimum absolute atomic E-state index is 0.0104. The second-order valence-corrected chi connectivity index (χ2v) is 10.0. The molecule has 1 aliphatic carbocycles. The summed E-state index contributed by atoms with van der Waals surface area (Å²) in [5.41, 5.74) is 0.941. The molecule has 2 N–H and O–H groups in total. The summed E-state index contributed by atoms with van der Waals surface area (Å²) in [5.74, 6) is 0.775. The Labute approximate surface area is 175 Å². The monoisotopic (exact) mass is 438 g/mol. The predicted molar refractivity (Wildman–Crippen MR) is 113 cm³/mol. The molecular formula is C20H23ClN2O3S2. The first-order chi connectivity index (χ1) is 13.4. The van der Waals surface area contributed by atoms with Crippen LogP contribution in [0.4, 0.5) is 0 Å².